The van der Waals surface area contributed by atoms with Gasteiger partial charge in [-0.15, -0.1) is 0 Å². The van der Waals surface area contributed by atoms with Gasteiger partial charge in [-0.1, -0.05) is 53.8 Å². The zero-order valence-corrected chi connectivity index (χ0v) is 22.3. The lowest BCUT2D eigenvalue weighted by Crippen LogP contribution is -2.21. The van der Waals surface area contributed by atoms with Crippen LogP contribution in [-0.2, 0) is 14.8 Å². The van der Waals surface area contributed by atoms with Crippen LogP contribution in [0.15, 0.2) is 95.9 Å². The van der Waals surface area contributed by atoms with E-state index in [1.807, 2.05) is 36.4 Å². The monoisotopic (exact) mass is 558 g/mol. The van der Waals surface area contributed by atoms with Gasteiger partial charge >= 0.3 is 0 Å². The Bertz CT molecular complexity index is 1730. The van der Waals surface area contributed by atoms with Gasteiger partial charge in [0, 0.05) is 27.4 Å². The highest BCUT2D eigenvalue weighted by atomic mass is 35.5. The van der Waals surface area contributed by atoms with Crippen LogP contribution in [-0.4, -0.2) is 26.7 Å². The maximum absolute atomic E-state index is 13.4. The van der Waals surface area contributed by atoms with Gasteiger partial charge < -0.3 is 10.1 Å². The molecule has 0 heterocycles. The summed E-state index contributed by atoms with van der Waals surface area (Å²) in [5, 5.41) is 8.14. The maximum atomic E-state index is 13.4. The number of aryl methyl sites for hydroxylation is 1. The van der Waals surface area contributed by atoms with E-state index >= 15 is 0 Å². The Hall–Kier alpha value is -4.42. The van der Waals surface area contributed by atoms with Crippen molar-refractivity contribution in [2.75, 3.05) is 11.9 Å². The number of nitrogens with two attached hydrogens (primary N) is 1. The molecular weight excluding hydrogens is 536 g/mol. The predicted octanol–water partition coefficient (Wildman–Crippen LogP) is 4.94. The van der Waals surface area contributed by atoms with E-state index < -0.39 is 22.5 Å². The normalized spacial score (nSPS) is 10.7. The van der Waals surface area contributed by atoms with Crippen molar-refractivity contribution in [3.05, 3.63) is 124 Å². The van der Waals surface area contributed by atoms with Crippen molar-refractivity contribution in [1.82, 2.24) is 0 Å². The summed E-state index contributed by atoms with van der Waals surface area (Å²) in [5.74, 6) is 5.46. The second-order valence-electron chi connectivity index (χ2n) is 8.53. The van der Waals surface area contributed by atoms with Crippen molar-refractivity contribution in [2.45, 2.75) is 11.8 Å². The first kappa shape index (κ1) is 27.6. The van der Waals surface area contributed by atoms with Gasteiger partial charge in [-0.25, -0.2) is 13.6 Å². The molecule has 7 nitrogen and oxygen atoms in total. The fraction of sp³-hybridized carbons (Fsp3) is 0.0667. The smallest absolute Gasteiger partial charge is 0.262 e. The molecule has 3 N–H and O–H groups in total. The second kappa shape index (κ2) is 12.0. The molecule has 0 bridgehead atoms. The van der Waals surface area contributed by atoms with E-state index in [0.717, 1.165) is 5.56 Å². The molecule has 4 rings (SSSR count). The number of ether oxygens (including phenoxy) is 1. The number of benzene rings is 4. The summed E-state index contributed by atoms with van der Waals surface area (Å²) in [6.45, 7) is 1.24. The molecule has 0 aromatic heterocycles. The van der Waals surface area contributed by atoms with Gasteiger partial charge in [0.25, 0.3) is 5.91 Å². The van der Waals surface area contributed by atoms with Crippen LogP contribution in [0.5, 0.6) is 5.75 Å². The summed E-state index contributed by atoms with van der Waals surface area (Å²) in [5.41, 5.74) is 3.00. The number of ketones is 1. The van der Waals surface area contributed by atoms with Crippen LogP contribution in [0.4, 0.5) is 5.69 Å². The Morgan fingerprint density at radius 2 is 1.62 bits per heavy atom. The molecule has 1 amide bonds. The van der Waals surface area contributed by atoms with Crippen molar-refractivity contribution in [1.29, 1.82) is 0 Å². The first-order chi connectivity index (χ1) is 18.6. The van der Waals surface area contributed by atoms with E-state index in [9.17, 15) is 18.0 Å². The first-order valence-electron chi connectivity index (χ1n) is 11.7. The van der Waals surface area contributed by atoms with Crippen LogP contribution in [0, 0.1) is 18.8 Å². The van der Waals surface area contributed by atoms with Crippen LogP contribution >= 0.6 is 11.6 Å². The minimum atomic E-state index is -3.86. The van der Waals surface area contributed by atoms with Crippen LogP contribution in [0.2, 0.25) is 5.02 Å². The number of hydrogen-bond acceptors (Lipinski definition) is 5. The van der Waals surface area contributed by atoms with Crippen LogP contribution in [0.3, 0.4) is 0 Å². The van der Waals surface area contributed by atoms with Crippen molar-refractivity contribution in [3.8, 4) is 17.6 Å². The molecule has 0 saturated carbocycles. The third-order valence-corrected chi connectivity index (χ3v) is 6.74. The van der Waals surface area contributed by atoms with E-state index in [0.29, 0.717) is 27.4 Å². The minimum absolute atomic E-state index is 0.0614. The number of carbonyl (C=O) groups is 2. The van der Waals surface area contributed by atoms with Gasteiger partial charge in [-0.2, -0.15) is 0 Å². The molecule has 0 spiro atoms. The Kier molecular flexibility index (Phi) is 8.47. The third kappa shape index (κ3) is 7.33. The van der Waals surface area contributed by atoms with Crippen molar-refractivity contribution in [3.63, 3.8) is 0 Å². The van der Waals surface area contributed by atoms with Gasteiger partial charge in [0.1, 0.15) is 5.75 Å². The highest BCUT2D eigenvalue weighted by Crippen LogP contribution is 2.26. The molecule has 0 aliphatic rings. The summed E-state index contributed by atoms with van der Waals surface area (Å²) in [4.78, 5) is 25.9. The van der Waals surface area contributed by atoms with Gasteiger partial charge in [0.05, 0.1) is 10.5 Å². The topological polar surface area (TPSA) is 116 Å². The highest BCUT2D eigenvalue weighted by molar-refractivity contribution is 7.89. The van der Waals surface area contributed by atoms with Gasteiger partial charge in [-0.3, -0.25) is 9.59 Å². The quantitative estimate of drug-likeness (QED) is 0.246. The highest BCUT2D eigenvalue weighted by Gasteiger charge is 2.18. The Morgan fingerprint density at radius 3 is 2.33 bits per heavy atom. The lowest BCUT2D eigenvalue weighted by Gasteiger charge is -2.13. The van der Waals surface area contributed by atoms with E-state index in [4.69, 9.17) is 21.5 Å². The molecule has 196 valence electrons. The van der Waals surface area contributed by atoms with E-state index in [1.165, 1.54) is 30.3 Å². The van der Waals surface area contributed by atoms with E-state index in [-0.39, 0.29) is 22.0 Å². The minimum Gasteiger partial charge on any atom is -0.483 e. The molecule has 0 radical (unpaired) electrons. The lowest BCUT2D eigenvalue weighted by atomic mass is 10.0. The average Bonchev–Trinajstić information content (AvgIpc) is 2.92. The van der Waals surface area contributed by atoms with Crippen LogP contribution in [0.25, 0.3) is 0 Å². The summed E-state index contributed by atoms with van der Waals surface area (Å²) in [6, 6.07) is 25.1. The van der Waals surface area contributed by atoms with Gasteiger partial charge in [-0.05, 0) is 73.2 Å². The number of anilines is 1. The molecule has 0 atom stereocenters. The van der Waals surface area contributed by atoms with Crippen molar-refractivity contribution in [2.24, 2.45) is 5.14 Å². The zero-order valence-electron chi connectivity index (χ0n) is 20.8. The Morgan fingerprint density at radius 1 is 0.897 bits per heavy atom. The van der Waals surface area contributed by atoms with Crippen molar-refractivity contribution >= 4 is 39.0 Å². The SMILES string of the molecule is Cc1cc(S(N)(=O)=O)ccc1NC(=O)COc1ccc(Cl)cc1C(=O)c1cccc(C#Cc2ccccc2)c1. The number of nitrogens with one attached hydrogen (secondary N) is 1. The second-order valence-corrected chi connectivity index (χ2v) is 10.5. The number of halogens is 1. The van der Waals surface area contributed by atoms with Crippen molar-refractivity contribution < 1.29 is 22.7 Å². The van der Waals surface area contributed by atoms with Crippen LogP contribution < -0.4 is 15.2 Å². The molecule has 0 aliphatic heterocycles. The number of carbonyl (C=O) groups excluding carboxylic acids is 2. The predicted molar refractivity (Wildman–Crippen MR) is 150 cm³/mol. The molecule has 0 unspecified atom stereocenters. The fourth-order valence-corrected chi connectivity index (χ4v) is 4.42. The van der Waals surface area contributed by atoms with E-state index in [1.54, 1.807) is 31.2 Å². The lowest BCUT2D eigenvalue weighted by molar-refractivity contribution is -0.118. The Balaban J connectivity index is 1.49. The number of amides is 1. The molecule has 39 heavy (non-hydrogen) atoms. The molecule has 0 fully saturated rings. The first-order valence-corrected chi connectivity index (χ1v) is 13.6. The maximum Gasteiger partial charge on any atom is 0.262 e. The molecule has 4 aromatic rings. The Labute approximate surface area is 231 Å². The van der Waals surface area contributed by atoms with Crippen LogP contribution in [0.1, 0.15) is 32.6 Å². The number of sulfonamides is 1. The summed E-state index contributed by atoms with van der Waals surface area (Å²) < 4.78 is 28.7. The molecule has 4 aromatic carbocycles. The number of hydrogen-bond donors (Lipinski definition) is 2. The summed E-state index contributed by atoms with van der Waals surface area (Å²) >= 11 is 6.17. The molecule has 0 aliphatic carbocycles. The average molecular weight is 559 g/mol. The standard InChI is InChI=1S/C30H23ClN2O5S/c1-20-16-25(39(32,36)37)13-14-27(20)33-29(34)19-38-28-15-12-24(31)18-26(28)30(35)23-9-5-8-22(17-23)11-10-21-6-3-2-4-7-21/h2-9,12-18H,19H2,1H3,(H,33,34)(H2,32,36,37). The number of primary sulfonamides is 1. The fourth-order valence-electron chi connectivity index (χ4n) is 3.65. The largest absolute Gasteiger partial charge is 0.483 e. The summed E-state index contributed by atoms with van der Waals surface area (Å²) in [6.07, 6.45) is 0. The summed E-state index contributed by atoms with van der Waals surface area (Å²) in [7, 11) is -3.86. The zero-order chi connectivity index (χ0) is 28.0. The van der Waals surface area contributed by atoms with E-state index in [2.05, 4.69) is 17.2 Å². The molecule has 0 saturated heterocycles. The van der Waals surface area contributed by atoms with Gasteiger partial charge in [0.15, 0.2) is 12.4 Å². The number of rotatable bonds is 7. The van der Waals surface area contributed by atoms with Gasteiger partial charge in [0.2, 0.25) is 10.0 Å². The third-order valence-electron chi connectivity index (χ3n) is 5.60. The molecular formula is C30H23ClN2O5S. The molecule has 9 heteroatoms.